The number of aryl methyl sites for hydroxylation is 1. The highest BCUT2D eigenvalue weighted by atomic mass is 32.1. The van der Waals surface area contributed by atoms with Crippen LogP contribution in [0.4, 0.5) is 5.00 Å². The highest BCUT2D eigenvalue weighted by Crippen LogP contribution is 2.38. The molecule has 1 aliphatic carbocycles. The molecule has 0 bridgehead atoms. The first-order valence-corrected chi connectivity index (χ1v) is 11.2. The van der Waals surface area contributed by atoms with Crippen LogP contribution in [-0.2, 0) is 14.3 Å². The van der Waals surface area contributed by atoms with Crippen molar-refractivity contribution in [1.82, 2.24) is 0 Å². The average Bonchev–Trinajstić information content (AvgIpc) is 3.16. The fraction of sp³-hybridized carbons (Fsp3) is 0.435. The van der Waals surface area contributed by atoms with Crippen LogP contribution in [0.15, 0.2) is 29.6 Å². The molecule has 1 aromatic carbocycles. The minimum Gasteiger partial charge on any atom is -0.481 e. The van der Waals surface area contributed by atoms with Crippen molar-refractivity contribution in [3.8, 4) is 11.1 Å². The van der Waals surface area contributed by atoms with E-state index in [0.717, 1.165) is 24.0 Å². The Labute approximate surface area is 180 Å². The Balaban J connectivity index is 1.91. The number of amides is 1. The molecule has 7 heteroatoms. The topological polar surface area (TPSA) is 92.7 Å². The molecule has 6 nitrogen and oxygen atoms in total. The molecule has 1 aliphatic rings. The van der Waals surface area contributed by atoms with Crippen LogP contribution >= 0.6 is 11.3 Å². The molecule has 1 amide bonds. The van der Waals surface area contributed by atoms with Crippen LogP contribution in [0.3, 0.4) is 0 Å². The summed E-state index contributed by atoms with van der Waals surface area (Å²) in [7, 11) is 0. The fourth-order valence-electron chi connectivity index (χ4n) is 3.81. The quantitative estimate of drug-likeness (QED) is 0.596. The Kier molecular flexibility index (Phi) is 7.26. The fourth-order valence-corrected chi connectivity index (χ4v) is 4.77. The first-order valence-electron chi connectivity index (χ1n) is 10.3. The van der Waals surface area contributed by atoms with Gasteiger partial charge in [0.25, 0.3) is 0 Å². The number of rotatable bonds is 7. The molecule has 1 fully saturated rings. The third-order valence-electron chi connectivity index (χ3n) is 5.45. The number of esters is 1. The summed E-state index contributed by atoms with van der Waals surface area (Å²) >= 11 is 1.26. The van der Waals surface area contributed by atoms with Crippen LogP contribution in [0.25, 0.3) is 11.1 Å². The number of thiophene rings is 1. The first-order chi connectivity index (χ1) is 14.4. The lowest BCUT2D eigenvalue weighted by Gasteiger charge is -2.27. The SMILES string of the molecule is CCCOC(=O)c1c(-c2ccc(C)cc2)csc1NC(=O)[C@@H]1CCCC[C@H]1C(=O)O. The maximum atomic E-state index is 12.9. The standard InChI is InChI=1S/C23H27NO5S/c1-3-12-29-23(28)19-18(15-10-8-14(2)9-11-15)13-30-21(19)24-20(25)16-6-4-5-7-17(16)22(26)27/h8-11,13,16-17H,3-7,12H2,1-2H3,(H,24,25)(H,26,27)/t16-,17-/m1/s1. The number of nitrogens with one attached hydrogen (secondary N) is 1. The number of benzene rings is 1. The van der Waals surface area contributed by atoms with E-state index in [-0.39, 0.29) is 5.91 Å². The first kappa shape index (κ1) is 22.0. The highest BCUT2D eigenvalue weighted by molar-refractivity contribution is 7.15. The Bertz CT molecular complexity index is 918. The third kappa shape index (κ3) is 4.90. The second kappa shape index (κ2) is 9.89. The number of carbonyl (C=O) groups is 3. The van der Waals surface area contributed by atoms with Crippen molar-refractivity contribution in [2.75, 3.05) is 11.9 Å². The van der Waals surface area contributed by atoms with Gasteiger partial charge in [-0.2, -0.15) is 0 Å². The average molecular weight is 430 g/mol. The van der Waals surface area contributed by atoms with Crippen LogP contribution in [-0.4, -0.2) is 29.6 Å². The lowest BCUT2D eigenvalue weighted by Crippen LogP contribution is -2.36. The van der Waals surface area contributed by atoms with E-state index < -0.39 is 23.8 Å². The zero-order valence-corrected chi connectivity index (χ0v) is 18.1. The van der Waals surface area contributed by atoms with Crippen molar-refractivity contribution in [3.63, 3.8) is 0 Å². The van der Waals surface area contributed by atoms with Crippen molar-refractivity contribution in [1.29, 1.82) is 0 Å². The normalized spacial score (nSPS) is 18.6. The van der Waals surface area contributed by atoms with Gasteiger partial charge in [-0.25, -0.2) is 4.79 Å². The van der Waals surface area contributed by atoms with E-state index in [0.29, 0.717) is 42.0 Å². The molecule has 0 saturated heterocycles. The summed E-state index contributed by atoms with van der Waals surface area (Å²) in [4.78, 5) is 37.3. The molecule has 0 aliphatic heterocycles. The van der Waals surface area contributed by atoms with Crippen LogP contribution in [0, 0.1) is 18.8 Å². The molecule has 2 aromatic rings. The molecule has 1 heterocycles. The Hall–Kier alpha value is -2.67. The number of carboxylic acids is 1. The molecule has 2 atom stereocenters. The molecule has 1 saturated carbocycles. The summed E-state index contributed by atoms with van der Waals surface area (Å²) in [5.74, 6) is -3.05. The zero-order valence-electron chi connectivity index (χ0n) is 17.3. The van der Waals surface area contributed by atoms with Crippen LogP contribution in [0.1, 0.15) is 54.9 Å². The predicted octanol–water partition coefficient (Wildman–Crippen LogP) is 5.12. The van der Waals surface area contributed by atoms with Crippen molar-refractivity contribution in [3.05, 3.63) is 40.8 Å². The van der Waals surface area contributed by atoms with Crippen molar-refractivity contribution < 1.29 is 24.2 Å². The molecule has 0 radical (unpaired) electrons. The number of carboxylic acid groups (broad SMARTS) is 1. The zero-order chi connectivity index (χ0) is 21.7. The van der Waals surface area contributed by atoms with Gasteiger partial charge in [0.2, 0.25) is 5.91 Å². The van der Waals surface area contributed by atoms with Gasteiger partial charge in [0.05, 0.1) is 18.4 Å². The number of hydrogen-bond donors (Lipinski definition) is 2. The number of anilines is 1. The van der Waals surface area contributed by atoms with Gasteiger partial charge >= 0.3 is 11.9 Å². The van der Waals surface area contributed by atoms with E-state index in [2.05, 4.69) is 5.32 Å². The number of carbonyl (C=O) groups excluding carboxylic acids is 2. The van der Waals surface area contributed by atoms with E-state index in [1.807, 2.05) is 43.5 Å². The van der Waals surface area contributed by atoms with Crippen LogP contribution in [0.2, 0.25) is 0 Å². The second-order valence-corrected chi connectivity index (χ2v) is 8.56. The molecule has 1 aromatic heterocycles. The Morgan fingerprint density at radius 2 is 1.80 bits per heavy atom. The molecule has 2 N–H and O–H groups in total. The minimum atomic E-state index is -0.941. The summed E-state index contributed by atoms with van der Waals surface area (Å²) in [6.45, 7) is 4.20. The van der Waals surface area contributed by atoms with Gasteiger partial charge in [0.1, 0.15) is 10.6 Å². The van der Waals surface area contributed by atoms with E-state index in [4.69, 9.17) is 4.74 Å². The number of hydrogen-bond acceptors (Lipinski definition) is 5. The van der Waals surface area contributed by atoms with Gasteiger partial charge in [-0.15, -0.1) is 11.3 Å². The van der Waals surface area contributed by atoms with Gasteiger partial charge in [-0.1, -0.05) is 49.6 Å². The van der Waals surface area contributed by atoms with E-state index in [9.17, 15) is 19.5 Å². The summed E-state index contributed by atoms with van der Waals surface area (Å²) < 4.78 is 5.37. The molecule has 0 spiro atoms. The smallest absolute Gasteiger partial charge is 0.341 e. The lowest BCUT2D eigenvalue weighted by atomic mass is 9.79. The van der Waals surface area contributed by atoms with E-state index in [1.165, 1.54) is 11.3 Å². The maximum absolute atomic E-state index is 12.9. The predicted molar refractivity (Wildman–Crippen MR) is 117 cm³/mol. The van der Waals surface area contributed by atoms with Gasteiger partial charge in [0.15, 0.2) is 0 Å². The largest absolute Gasteiger partial charge is 0.481 e. The van der Waals surface area contributed by atoms with E-state index in [1.54, 1.807) is 0 Å². The number of aliphatic carboxylic acids is 1. The van der Waals surface area contributed by atoms with Gasteiger partial charge < -0.3 is 15.2 Å². The second-order valence-electron chi connectivity index (χ2n) is 7.68. The Morgan fingerprint density at radius 3 is 2.43 bits per heavy atom. The molecule has 160 valence electrons. The molecular formula is C23H27NO5S. The summed E-state index contributed by atoms with van der Waals surface area (Å²) in [6.07, 6.45) is 3.37. The summed E-state index contributed by atoms with van der Waals surface area (Å²) in [6, 6.07) is 7.79. The van der Waals surface area contributed by atoms with Crippen LogP contribution in [0.5, 0.6) is 0 Å². The van der Waals surface area contributed by atoms with Crippen molar-refractivity contribution in [2.45, 2.75) is 46.0 Å². The summed E-state index contributed by atoms with van der Waals surface area (Å²) in [5, 5.41) is 14.6. The molecule has 0 unspecified atom stereocenters. The van der Waals surface area contributed by atoms with Crippen molar-refractivity contribution in [2.24, 2.45) is 11.8 Å². The number of ether oxygens (including phenoxy) is 1. The molecule has 30 heavy (non-hydrogen) atoms. The monoisotopic (exact) mass is 429 g/mol. The lowest BCUT2D eigenvalue weighted by molar-refractivity contribution is -0.147. The third-order valence-corrected chi connectivity index (χ3v) is 6.35. The Morgan fingerprint density at radius 1 is 1.13 bits per heavy atom. The highest BCUT2D eigenvalue weighted by Gasteiger charge is 2.36. The molecule has 3 rings (SSSR count). The van der Waals surface area contributed by atoms with Gasteiger partial charge in [-0.3, -0.25) is 9.59 Å². The van der Waals surface area contributed by atoms with E-state index >= 15 is 0 Å². The van der Waals surface area contributed by atoms with Gasteiger partial charge in [-0.05, 0) is 31.7 Å². The van der Waals surface area contributed by atoms with Crippen molar-refractivity contribution >= 4 is 34.2 Å². The molecular weight excluding hydrogens is 402 g/mol. The maximum Gasteiger partial charge on any atom is 0.341 e. The van der Waals surface area contributed by atoms with Gasteiger partial charge in [0, 0.05) is 10.9 Å². The summed E-state index contributed by atoms with van der Waals surface area (Å²) in [5.41, 5.74) is 3.00. The van der Waals surface area contributed by atoms with Crippen LogP contribution < -0.4 is 5.32 Å². The minimum absolute atomic E-state index is 0.291.